The first kappa shape index (κ1) is 13.3. The number of nitrogens with two attached hydrogens (primary N) is 1. The van der Waals surface area contributed by atoms with E-state index in [1.807, 2.05) is 13.8 Å². The lowest BCUT2D eigenvalue weighted by molar-refractivity contribution is -0.123. The third-order valence-corrected chi connectivity index (χ3v) is 2.13. The number of hydrogen-bond donors (Lipinski definition) is 2. The average Bonchev–Trinajstić information content (AvgIpc) is 2.13. The first-order valence-electron chi connectivity index (χ1n) is 4.66. The van der Waals surface area contributed by atoms with Gasteiger partial charge < -0.3 is 15.8 Å². The van der Waals surface area contributed by atoms with Crippen LogP contribution in [0.2, 0.25) is 0 Å². The molecule has 0 aliphatic rings. The Labute approximate surface area is 90.2 Å². The molecule has 3 N–H and O–H groups in total. The number of rotatable bonds is 6. The van der Waals surface area contributed by atoms with E-state index in [2.05, 4.69) is 5.32 Å². The molecule has 0 fully saturated rings. The van der Waals surface area contributed by atoms with Gasteiger partial charge in [0.05, 0.1) is 17.5 Å². The van der Waals surface area contributed by atoms with E-state index < -0.39 is 5.92 Å². The van der Waals surface area contributed by atoms with E-state index >= 15 is 0 Å². The molecule has 82 valence electrons. The van der Waals surface area contributed by atoms with Crippen molar-refractivity contribution in [3.05, 3.63) is 0 Å². The number of amides is 1. The first-order valence-corrected chi connectivity index (χ1v) is 5.07. The molecule has 0 radical (unpaired) electrons. The normalized spacial score (nSPS) is 14.5. The highest BCUT2D eigenvalue weighted by atomic mass is 32.1. The fraction of sp³-hybridized carbons (Fsp3) is 0.778. The molecular formula is C9H18N2O2S. The van der Waals surface area contributed by atoms with Gasteiger partial charge in [-0.2, -0.15) is 0 Å². The van der Waals surface area contributed by atoms with Crippen molar-refractivity contribution in [3.63, 3.8) is 0 Å². The molecule has 0 aliphatic heterocycles. The number of carbonyl (C=O) groups is 1. The second-order valence-corrected chi connectivity index (χ2v) is 3.66. The van der Waals surface area contributed by atoms with Crippen LogP contribution in [0.4, 0.5) is 0 Å². The lowest BCUT2D eigenvalue weighted by Gasteiger charge is -2.16. The molecule has 0 bridgehead atoms. The standard InChI is InChI=1S/C9H18N2O2S/c1-4-13-5-6(2)11-9(12)7(3)8(10)14/h6-7H,4-5H2,1-3H3,(H2,10,14)(H,11,12). The average molecular weight is 218 g/mol. The van der Waals surface area contributed by atoms with Gasteiger partial charge in [-0.15, -0.1) is 0 Å². The Kier molecular flexibility index (Phi) is 6.40. The number of hydrogen-bond acceptors (Lipinski definition) is 3. The van der Waals surface area contributed by atoms with Crippen molar-refractivity contribution in [2.45, 2.75) is 26.8 Å². The largest absolute Gasteiger partial charge is 0.393 e. The topological polar surface area (TPSA) is 64.3 Å². The third kappa shape index (κ3) is 5.14. The van der Waals surface area contributed by atoms with E-state index in [1.165, 1.54) is 0 Å². The molecule has 0 aliphatic carbocycles. The van der Waals surface area contributed by atoms with Crippen molar-refractivity contribution in [1.82, 2.24) is 5.32 Å². The minimum absolute atomic E-state index is 0.0146. The minimum atomic E-state index is -0.422. The smallest absolute Gasteiger partial charge is 0.229 e. The van der Waals surface area contributed by atoms with Gasteiger partial charge in [0.25, 0.3) is 0 Å². The second kappa shape index (κ2) is 6.73. The van der Waals surface area contributed by atoms with Crippen LogP contribution in [0.15, 0.2) is 0 Å². The predicted molar refractivity (Wildman–Crippen MR) is 60.0 cm³/mol. The molecule has 1 amide bonds. The summed E-state index contributed by atoms with van der Waals surface area (Å²) in [6.07, 6.45) is 0. The summed E-state index contributed by atoms with van der Waals surface area (Å²) in [6, 6.07) is -0.0146. The van der Waals surface area contributed by atoms with Gasteiger partial charge >= 0.3 is 0 Å². The summed E-state index contributed by atoms with van der Waals surface area (Å²) in [6.45, 7) is 6.62. The molecule has 0 saturated heterocycles. The van der Waals surface area contributed by atoms with Crippen LogP contribution in [0.1, 0.15) is 20.8 Å². The SMILES string of the molecule is CCOCC(C)NC(=O)C(C)C(N)=S. The van der Waals surface area contributed by atoms with Crippen LogP contribution in [0.25, 0.3) is 0 Å². The predicted octanol–water partition coefficient (Wildman–Crippen LogP) is 0.450. The number of nitrogens with one attached hydrogen (secondary N) is 1. The van der Waals surface area contributed by atoms with Crippen LogP contribution in [0.5, 0.6) is 0 Å². The van der Waals surface area contributed by atoms with E-state index in [-0.39, 0.29) is 16.9 Å². The van der Waals surface area contributed by atoms with Crippen molar-refractivity contribution in [1.29, 1.82) is 0 Å². The van der Waals surface area contributed by atoms with E-state index in [1.54, 1.807) is 6.92 Å². The van der Waals surface area contributed by atoms with Gasteiger partial charge in [0.15, 0.2) is 0 Å². The van der Waals surface area contributed by atoms with Gasteiger partial charge in [-0.3, -0.25) is 4.79 Å². The highest BCUT2D eigenvalue weighted by Crippen LogP contribution is 1.96. The monoisotopic (exact) mass is 218 g/mol. The molecule has 0 saturated carbocycles. The van der Waals surface area contributed by atoms with E-state index in [0.29, 0.717) is 13.2 Å². The highest BCUT2D eigenvalue weighted by molar-refractivity contribution is 7.80. The summed E-state index contributed by atoms with van der Waals surface area (Å²) >= 11 is 4.72. The second-order valence-electron chi connectivity index (χ2n) is 3.19. The molecule has 0 aromatic heterocycles. The Morgan fingerprint density at radius 2 is 2.14 bits per heavy atom. The summed E-state index contributed by atoms with van der Waals surface area (Å²) in [7, 11) is 0. The summed E-state index contributed by atoms with van der Waals surface area (Å²) in [5.74, 6) is -0.571. The number of ether oxygens (including phenoxy) is 1. The molecular weight excluding hydrogens is 200 g/mol. The molecule has 2 atom stereocenters. The zero-order chi connectivity index (χ0) is 11.1. The first-order chi connectivity index (χ1) is 6.49. The van der Waals surface area contributed by atoms with Crippen LogP contribution >= 0.6 is 12.2 Å². The number of carbonyl (C=O) groups excluding carboxylic acids is 1. The summed E-state index contributed by atoms with van der Waals surface area (Å²) in [5.41, 5.74) is 5.35. The number of thiocarbonyl (C=S) groups is 1. The Hall–Kier alpha value is -0.680. The van der Waals surface area contributed by atoms with Crippen LogP contribution in [0, 0.1) is 5.92 Å². The molecule has 0 aromatic rings. The van der Waals surface area contributed by atoms with Gasteiger partial charge in [0.2, 0.25) is 5.91 Å². The maximum absolute atomic E-state index is 11.4. The van der Waals surface area contributed by atoms with E-state index in [4.69, 9.17) is 22.7 Å². The Morgan fingerprint density at radius 1 is 1.57 bits per heavy atom. The maximum Gasteiger partial charge on any atom is 0.229 e. The zero-order valence-corrected chi connectivity index (χ0v) is 9.69. The van der Waals surface area contributed by atoms with Crippen LogP contribution in [-0.4, -0.2) is 30.2 Å². The van der Waals surface area contributed by atoms with Gasteiger partial charge in [0, 0.05) is 12.6 Å². The fourth-order valence-electron chi connectivity index (χ4n) is 0.833. The van der Waals surface area contributed by atoms with Gasteiger partial charge in [0.1, 0.15) is 0 Å². The Bertz CT molecular complexity index is 209. The molecule has 4 nitrogen and oxygen atoms in total. The molecule has 14 heavy (non-hydrogen) atoms. The lowest BCUT2D eigenvalue weighted by atomic mass is 10.1. The van der Waals surface area contributed by atoms with Gasteiger partial charge in [-0.1, -0.05) is 12.2 Å². The molecule has 0 heterocycles. The van der Waals surface area contributed by atoms with Gasteiger partial charge in [-0.25, -0.2) is 0 Å². The Morgan fingerprint density at radius 3 is 2.57 bits per heavy atom. The molecule has 0 spiro atoms. The molecule has 0 aromatic carbocycles. The lowest BCUT2D eigenvalue weighted by Crippen LogP contribution is -2.42. The minimum Gasteiger partial charge on any atom is -0.393 e. The molecule has 0 rings (SSSR count). The van der Waals surface area contributed by atoms with Crippen molar-refractivity contribution >= 4 is 23.1 Å². The summed E-state index contributed by atoms with van der Waals surface area (Å²) < 4.78 is 5.16. The fourth-order valence-corrected chi connectivity index (χ4v) is 0.940. The van der Waals surface area contributed by atoms with E-state index in [9.17, 15) is 4.79 Å². The summed E-state index contributed by atoms with van der Waals surface area (Å²) in [5, 5.41) is 2.76. The van der Waals surface area contributed by atoms with Crippen molar-refractivity contribution in [2.24, 2.45) is 11.7 Å². The van der Waals surface area contributed by atoms with E-state index in [0.717, 1.165) is 0 Å². The van der Waals surface area contributed by atoms with Gasteiger partial charge in [-0.05, 0) is 20.8 Å². The van der Waals surface area contributed by atoms with Crippen molar-refractivity contribution in [3.8, 4) is 0 Å². The van der Waals surface area contributed by atoms with Crippen LogP contribution in [-0.2, 0) is 9.53 Å². The quantitative estimate of drug-likeness (QED) is 0.635. The van der Waals surface area contributed by atoms with Crippen molar-refractivity contribution in [2.75, 3.05) is 13.2 Å². The molecule has 5 heteroatoms. The van der Waals surface area contributed by atoms with Crippen LogP contribution < -0.4 is 11.1 Å². The maximum atomic E-state index is 11.4. The highest BCUT2D eigenvalue weighted by Gasteiger charge is 2.17. The zero-order valence-electron chi connectivity index (χ0n) is 8.87. The molecule has 2 unspecified atom stereocenters. The van der Waals surface area contributed by atoms with Crippen LogP contribution in [0.3, 0.4) is 0 Å². The van der Waals surface area contributed by atoms with Crippen molar-refractivity contribution < 1.29 is 9.53 Å². The Balaban J connectivity index is 3.87. The summed E-state index contributed by atoms with van der Waals surface area (Å²) in [4.78, 5) is 11.6. The third-order valence-electron chi connectivity index (χ3n) is 1.78.